The van der Waals surface area contributed by atoms with Crippen molar-refractivity contribution in [1.29, 1.82) is 0 Å². The van der Waals surface area contributed by atoms with Gasteiger partial charge in [-0.05, 0) is 83.5 Å². The molecule has 0 saturated carbocycles. The van der Waals surface area contributed by atoms with Crippen LogP contribution in [0.4, 0.5) is 0 Å². The molecule has 0 spiro atoms. The Hall–Kier alpha value is -3.53. The normalized spacial score (nSPS) is 13.6. The molecule has 2 atom stereocenters. The molecule has 0 N–H and O–H groups in total. The Balaban J connectivity index is 4.35. The first-order valence-corrected chi connectivity index (χ1v) is 25.7. The molecule has 0 bridgehead atoms. The van der Waals surface area contributed by atoms with Gasteiger partial charge in [-0.2, -0.15) is 0 Å². The van der Waals surface area contributed by atoms with Crippen molar-refractivity contribution >= 4 is 17.9 Å². The number of carboxylic acids is 1. The summed E-state index contributed by atoms with van der Waals surface area (Å²) in [6.45, 7) is 4.50. The lowest BCUT2D eigenvalue weighted by Gasteiger charge is -2.26. The number of aliphatic carboxylic acids is 1. The number of ether oxygens (including phenoxy) is 4. The predicted octanol–water partition coefficient (Wildman–Crippen LogP) is 13.1. The van der Waals surface area contributed by atoms with Crippen LogP contribution in [0.3, 0.4) is 0 Å². The molecule has 0 heterocycles. The van der Waals surface area contributed by atoms with E-state index < -0.39 is 24.3 Å². The van der Waals surface area contributed by atoms with Crippen molar-refractivity contribution in [2.45, 2.75) is 206 Å². The largest absolute Gasteiger partial charge is 0.545 e. The highest BCUT2D eigenvalue weighted by Gasteiger charge is 2.21. The van der Waals surface area contributed by atoms with Crippen LogP contribution in [-0.2, 0) is 33.3 Å². The van der Waals surface area contributed by atoms with Gasteiger partial charge >= 0.3 is 11.9 Å². The standard InChI is InChI=1S/C56H95NO8/c1-6-8-10-12-14-16-18-20-22-24-25-26-27-28-29-31-33-35-37-39-41-43-45-47-54(59)65-52(51-64-56(55(60)61)62-49-48-57(3,4)5)50-63-53(58)46-44-42-40-38-36-34-32-30-23-21-19-17-15-13-11-9-7-2/h8-11,14-17,20-23,25-26,52,56H,6-7,12-13,18-19,24,27-51H2,1-5H3/b10-8-,11-9-,16-14-,17-15-,22-20-,23-21-,26-25-. The van der Waals surface area contributed by atoms with Gasteiger partial charge in [-0.1, -0.05) is 182 Å². The third-order valence-corrected chi connectivity index (χ3v) is 10.6. The molecular formula is C56H95NO8. The van der Waals surface area contributed by atoms with Crippen molar-refractivity contribution in [3.8, 4) is 0 Å². The summed E-state index contributed by atoms with van der Waals surface area (Å²) < 4.78 is 22.6. The van der Waals surface area contributed by atoms with Gasteiger partial charge in [0.25, 0.3) is 0 Å². The molecule has 0 aromatic carbocycles. The van der Waals surface area contributed by atoms with E-state index >= 15 is 0 Å². The van der Waals surface area contributed by atoms with Crippen LogP contribution in [0.2, 0.25) is 0 Å². The van der Waals surface area contributed by atoms with E-state index in [1.807, 2.05) is 21.1 Å². The number of hydrogen-bond donors (Lipinski definition) is 0. The summed E-state index contributed by atoms with van der Waals surface area (Å²) in [4.78, 5) is 37.2. The van der Waals surface area contributed by atoms with Crippen molar-refractivity contribution in [2.75, 3.05) is 47.5 Å². The van der Waals surface area contributed by atoms with Crippen LogP contribution in [0.15, 0.2) is 85.1 Å². The molecule has 0 aromatic heterocycles. The second-order valence-electron chi connectivity index (χ2n) is 18.0. The number of carboxylic acid groups (broad SMARTS) is 1. The summed E-state index contributed by atoms with van der Waals surface area (Å²) in [7, 11) is 5.90. The monoisotopic (exact) mass is 910 g/mol. The summed E-state index contributed by atoms with van der Waals surface area (Å²) in [5.74, 6) is -2.31. The van der Waals surface area contributed by atoms with Gasteiger partial charge in [-0.15, -0.1) is 0 Å². The molecular weight excluding hydrogens is 815 g/mol. The summed E-state index contributed by atoms with van der Waals surface area (Å²) in [5.41, 5.74) is 0. The molecule has 0 saturated heterocycles. The Bertz CT molecular complexity index is 1340. The zero-order valence-electron chi connectivity index (χ0n) is 42.1. The summed E-state index contributed by atoms with van der Waals surface area (Å²) >= 11 is 0. The van der Waals surface area contributed by atoms with Gasteiger partial charge in [-0.25, -0.2) is 0 Å². The first-order valence-electron chi connectivity index (χ1n) is 25.7. The minimum Gasteiger partial charge on any atom is -0.545 e. The fourth-order valence-corrected chi connectivity index (χ4v) is 6.72. The molecule has 0 aliphatic carbocycles. The number of carbonyl (C=O) groups is 3. The van der Waals surface area contributed by atoms with Crippen molar-refractivity contribution in [2.24, 2.45) is 0 Å². The lowest BCUT2D eigenvalue weighted by atomic mass is 10.0. The zero-order chi connectivity index (χ0) is 47.7. The Morgan fingerprint density at radius 2 is 0.831 bits per heavy atom. The second-order valence-corrected chi connectivity index (χ2v) is 18.0. The molecule has 9 heteroatoms. The van der Waals surface area contributed by atoms with Gasteiger partial charge in [0.1, 0.15) is 13.2 Å². The van der Waals surface area contributed by atoms with Crippen molar-refractivity contribution in [3.05, 3.63) is 85.1 Å². The maximum absolute atomic E-state index is 12.8. The predicted molar refractivity (Wildman–Crippen MR) is 269 cm³/mol. The molecule has 0 aromatic rings. The second kappa shape index (κ2) is 47.0. The van der Waals surface area contributed by atoms with E-state index in [0.29, 0.717) is 17.4 Å². The number of unbranched alkanes of at least 4 members (excludes halogenated alkanes) is 17. The van der Waals surface area contributed by atoms with Crippen molar-refractivity contribution < 1.29 is 42.9 Å². The molecule has 0 fully saturated rings. The van der Waals surface area contributed by atoms with E-state index in [1.165, 1.54) is 57.8 Å². The Morgan fingerprint density at radius 3 is 1.23 bits per heavy atom. The Morgan fingerprint density at radius 1 is 0.462 bits per heavy atom. The van der Waals surface area contributed by atoms with E-state index in [0.717, 1.165) is 103 Å². The zero-order valence-corrected chi connectivity index (χ0v) is 42.1. The van der Waals surface area contributed by atoms with Gasteiger partial charge in [-0.3, -0.25) is 9.59 Å². The Labute approximate surface area is 398 Å². The number of rotatable bonds is 46. The van der Waals surface area contributed by atoms with Gasteiger partial charge in [0, 0.05) is 12.8 Å². The summed E-state index contributed by atoms with van der Waals surface area (Å²) in [5, 5.41) is 11.7. The Kier molecular flexibility index (Phi) is 44.4. The third kappa shape index (κ3) is 48.2. The topological polar surface area (TPSA) is 111 Å². The number of nitrogens with zero attached hydrogens (tertiary/aromatic N) is 1. The van der Waals surface area contributed by atoms with E-state index in [-0.39, 0.29) is 38.6 Å². The number of carbonyl (C=O) groups excluding carboxylic acids is 3. The smallest absolute Gasteiger partial charge is 0.306 e. The molecule has 9 nitrogen and oxygen atoms in total. The number of quaternary nitrogens is 1. The lowest BCUT2D eigenvalue weighted by molar-refractivity contribution is -0.870. The molecule has 0 aliphatic rings. The average Bonchev–Trinajstić information content (AvgIpc) is 3.27. The fraction of sp³-hybridized carbons (Fsp3) is 0.696. The molecule has 2 unspecified atom stereocenters. The molecule has 0 rings (SSSR count). The van der Waals surface area contributed by atoms with Crippen LogP contribution in [0.5, 0.6) is 0 Å². The van der Waals surface area contributed by atoms with Crippen LogP contribution < -0.4 is 5.11 Å². The highest BCUT2D eigenvalue weighted by molar-refractivity contribution is 5.70. The maximum Gasteiger partial charge on any atom is 0.306 e. The number of hydrogen-bond acceptors (Lipinski definition) is 8. The number of allylic oxidation sites excluding steroid dienone is 14. The lowest BCUT2D eigenvalue weighted by Crippen LogP contribution is -2.44. The molecule has 0 radical (unpaired) electrons. The van der Waals surface area contributed by atoms with Crippen LogP contribution in [0.25, 0.3) is 0 Å². The van der Waals surface area contributed by atoms with E-state index in [9.17, 15) is 19.5 Å². The van der Waals surface area contributed by atoms with Gasteiger partial charge in [0.2, 0.25) is 0 Å². The summed E-state index contributed by atoms with van der Waals surface area (Å²) in [6.07, 6.45) is 57.5. The molecule has 0 amide bonds. The average molecular weight is 910 g/mol. The quantitative estimate of drug-likeness (QED) is 0.0195. The first kappa shape index (κ1) is 61.5. The highest BCUT2D eigenvalue weighted by atomic mass is 16.7. The third-order valence-electron chi connectivity index (χ3n) is 10.6. The van der Waals surface area contributed by atoms with Crippen LogP contribution >= 0.6 is 0 Å². The van der Waals surface area contributed by atoms with E-state index in [2.05, 4.69) is 98.9 Å². The summed E-state index contributed by atoms with van der Waals surface area (Å²) in [6, 6.07) is 0. The minimum absolute atomic E-state index is 0.141. The number of esters is 2. The fourth-order valence-electron chi connectivity index (χ4n) is 6.72. The molecule has 0 aliphatic heterocycles. The van der Waals surface area contributed by atoms with Gasteiger partial charge in [0.15, 0.2) is 12.4 Å². The molecule has 372 valence electrons. The van der Waals surface area contributed by atoms with Crippen LogP contribution in [0.1, 0.15) is 194 Å². The highest BCUT2D eigenvalue weighted by Crippen LogP contribution is 2.14. The van der Waals surface area contributed by atoms with Crippen LogP contribution in [-0.4, -0.2) is 82.3 Å². The molecule has 65 heavy (non-hydrogen) atoms. The van der Waals surface area contributed by atoms with E-state index in [4.69, 9.17) is 18.9 Å². The van der Waals surface area contributed by atoms with Crippen LogP contribution in [0, 0.1) is 0 Å². The van der Waals surface area contributed by atoms with Crippen molar-refractivity contribution in [3.63, 3.8) is 0 Å². The maximum atomic E-state index is 12.8. The van der Waals surface area contributed by atoms with Gasteiger partial charge in [0.05, 0.1) is 40.3 Å². The van der Waals surface area contributed by atoms with Gasteiger partial charge < -0.3 is 33.3 Å². The SMILES string of the molecule is CC/C=C\C/C=C\C/C=C\C/C=C\CCCCCCCCCCCCC(=O)OC(COC(=O)CCCCCCCCC/C=C\C/C=C\C/C=C\CC)COC(OCC[N+](C)(C)C)C(=O)[O-]. The van der Waals surface area contributed by atoms with Crippen molar-refractivity contribution in [1.82, 2.24) is 0 Å². The minimum atomic E-state index is -1.63. The number of likely N-dealkylation sites (N-methyl/N-ethyl adjacent to an activating group) is 1. The first-order chi connectivity index (χ1) is 31.6. The van der Waals surface area contributed by atoms with E-state index in [1.54, 1.807) is 0 Å².